The minimum Gasteiger partial charge on any atom is -0.364 e. The van der Waals surface area contributed by atoms with E-state index in [1.807, 2.05) is 0 Å². The van der Waals surface area contributed by atoms with E-state index < -0.39 is 60.0 Å². The number of carbonyl (C=O) groups excluding carboxylic acids is 2. The molecule has 1 unspecified atom stereocenters. The molecule has 30 heavy (non-hydrogen) atoms. The lowest BCUT2D eigenvalue weighted by Crippen LogP contribution is -2.23. The summed E-state index contributed by atoms with van der Waals surface area (Å²) in [6.45, 7) is -0.506. The summed E-state index contributed by atoms with van der Waals surface area (Å²) in [6, 6.07) is 2.36. The summed E-state index contributed by atoms with van der Waals surface area (Å²) in [6.07, 6.45) is -3.26. The Kier molecular flexibility index (Phi) is 4.55. The van der Waals surface area contributed by atoms with E-state index in [9.17, 15) is 31.5 Å². The van der Waals surface area contributed by atoms with Gasteiger partial charge in [-0.15, -0.1) is 0 Å². The van der Waals surface area contributed by atoms with Crippen molar-refractivity contribution in [2.75, 3.05) is 5.32 Å². The Bertz CT molecular complexity index is 1030. The minimum atomic E-state index is -4.90. The number of rotatable bonds is 6. The van der Waals surface area contributed by atoms with Crippen molar-refractivity contribution in [1.29, 1.82) is 0 Å². The van der Waals surface area contributed by atoms with Gasteiger partial charge in [0, 0.05) is 30.1 Å². The van der Waals surface area contributed by atoms with E-state index in [0.717, 1.165) is 16.9 Å². The van der Waals surface area contributed by atoms with Gasteiger partial charge >= 0.3 is 6.18 Å². The first-order valence-electron chi connectivity index (χ1n) is 9.10. The van der Waals surface area contributed by atoms with Gasteiger partial charge in [-0.3, -0.25) is 19.3 Å². The maximum absolute atomic E-state index is 13.8. The average Bonchev–Trinajstić information content (AvgIpc) is 3.53. The fraction of sp³-hybridized carbons (Fsp3) is 0.444. The van der Waals surface area contributed by atoms with Crippen LogP contribution in [0.1, 0.15) is 57.4 Å². The van der Waals surface area contributed by atoms with E-state index in [4.69, 9.17) is 5.73 Å². The molecular weight excluding hydrogens is 413 g/mol. The number of alkyl halides is 5. The molecule has 0 aliphatic heterocycles. The number of pyridine rings is 1. The van der Waals surface area contributed by atoms with Gasteiger partial charge in [-0.2, -0.15) is 18.3 Å². The molecule has 3 N–H and O–H groups in total. The van der Waals surface area contributed by atoms with Gasteiger partial charge in [0.2, 0.25) is 0 Å². The molecular formula is C18H16F5N5O2. The number of nitrogens with zero attached hydrogens (tertiary/aromatic N) is 3. The van der Waals surface area contributed by atoms with Crippen molar-refractivity contribution in [3.8, 4) is 0 Å². The van der Waals surface area contributed by atoms with Crippen LogP contribution in [0.15, 0.2) is 18.3 Å². The number of carbonyl (C=O) groups is 2. The van der Waals surface area contributed by atoms with Crippen molar-refractivity contribution in [1.82, 2.24) is 14.8 Å². The summed E-state index contributed by atoms with van der Waals surface area (Å²) in [5.74, 6) is -6.69. The van der Waals surface area contributed by atoms with Gasteiger partial charge in [-0.25, -0.2) is 8.78 Å². The normalized spacial score (nSPS) is 20.1. The first-order chi connectivity index (χ1) is 14.0. The van der Waals surface area contributed by atoms with E-state index in [1.165, 1.54) is 6.07 Å². The highest BCUT2D eigenvalue weighted by atomic mass is 19.4. The Hall–Kier alpha value is -3.05. The Morgan fingerprint density at radius 2 is 1.97 bits per heavy atom. The fourth-order valence-electron chi connectivity index (χ4n) is 3.28. The third-order valence-electron chi connectivity index (χ3n) is 5.06. The first kappa shape index (κ1) is 20.2. The molecule has 0 bridgehead atoms. The molecule has 2 aliphatic rings. The van der Waals surface area contributed by atoms with Crippen LogP contribution < -0.4 is 11.1 Å². The molecule has 0 aromatic carbocycles. The van der Waals surface area contributed by atoms with E-state index in [0.29, 0.717) is 12.8 Å². The summed E-state index contributed by atoms with van der Waals surface area (Å²) in [7, 11) is 0. The number of halogens is 5. The zero-order chi connectivity index (χ0) is 21.8. The number of aromatic nitrogens is 3. The number of nitrogens with two attached hydrogens (primary N) is 1. The highest BCUT2D eigenvalue weighted by molar-refractivity contribution is 6.05. The number of nitrogens with one attached hydrogen (secondary N) is 1. The Labute approximate surface area is 166 Å². The standard InChI is InChI=1S/C18H16F5N5O2/c19-17(20)6-9(17)7-28-14(12(18(21,22)23)13(27-28)8-1-2-8)16(30)26-10-3-4-25-11(5-10)15(24)29/h3-5,8-9H,1-2,6-7H2,(H2,24,29)(H,25,26,30). The zero-order valence-electron chi connectivity index (χ0n) is 15.3. The topological polar surface area (TPSA) is 103 Å². The van der Waals surface area contributed by atoms with Crippen LogP contribution in [0.4, 0.5) is 27.6 Å². The van der Waals surface area contributed by atoms with Gasteiger partial charge in [0.1, 0.15) is 17.0 Å². The molecule has 160 valence electrons. The van der Waals surface area contributed by atoms with Gasteiger partial charge in [0.05, 0.1) is 12.2 Å². The molecule has 12 heteroatoms. The number of anilines is 1. The molecule has 2 heterocycles. The van der Waals surface area contributed by atoms with Gasteiger partial charge in [-0.05, 0) is 25.0 Å². The first-order valence-corrected chi connectivity index (χ1v) is 9.10. The van der Waals surface area contributed by atoms with Crippen LogP contribution in [-0.2, 0) is 12.7 Å². The van der Waals surface area contributed by atoms with E-state index in [1.54, 1.807) is 0 Å². The number of amides is 2. The van der Waals surface area contributed by atoms with Crippen molar-refractivity contribution in [2.24, 2.45) is 11.7 Å². The van der Waals surface area contributed by atoms with E-state index in [2.05, 4.69) is 15.4 Å². The van der Waals surface area contributed by atoms with Crippen LogP contribution in [0.25, 0.3) is 0 Å². The van der Waals surface area contributed by atoms with E-state index >= 15 is 0 Å². The monoisotopic (exact) mass is 429 g/mol. The van der Waals surface area contributed by atoms with Crippen molar-refractivity contribution < 1.29 is 31.5 Å². The Balaban J connectivity index is 1.73. The Morgan fingerprint density at radius 3 is 2.50 bits per heavy atom. The smallest absolute Gasteiger partial charge is 0.364 e. The summed E-state index contributed by atoms with van der Waals surface area (Å²) < 4.78 is 69.0. The summed E-state index contributed by atoms with van der Waals surface area (Å²) >= 11 is 0. The van der Waals surface area contributed by atoms with Gasteiger partial charge in [0.15, 0.2) is 0 Å². The largest absolute Gasteiger partial charge is 0.420 e. The summed E-state index contributed by atoms with van der Waals surface area (Å²) in [4.78, 5) is 27.7. The molecule has 2 aromatic rings. The second-order valence-electron chi connectivity index (χ2n) is 7.47. The molecule has 1 atom stereocenters. The molecule has 0 saturated heterocycles. The van der Waals surface area contributed by atoms with Crippen LogP contribution >= 0.6 is 0 Å². The van der Waals surface area contributed by atoms with Gasteiger partial charge < -0.3 is 11.1 Å². The van der Waals surface area contributed by atoms with Gasteiger partial charge in [0.25, 0.3) is 17.7 Å². The fourth-order valence-corrected chi connectivity index (χ4v) is 3.28. The van der Waals surface area contributed by atoms with Crippen molar-refractivity contribution in [3.05, 3.63) is 41.0 Å². The molecule has 2 fully saturated rings. The number of primary amides is 1. The van der Waals surface area contributed by atoms with Crippen molar-refractivity contribution >= 4 is 17.5 Å². The third-order valence-corrected chi connectivity index (χ3v) is 5.06. The molecule has 7 nitrogen and oxygen atoms in total. The molecule has 2 aromatic heterocycles. The molecule has 2 saturated carbocycles. The second kappa shape index (κ2) is 6.74. The quantitative estimate of drug-likeness (QED) is 0.689. The van der Waals surface area contributed by atoms with Crippen LogP contribution in [-0.4, -0.2) is 32.5 Å². The minimum absolute atomic E-state index is 0.0191. The molecule has 2 aliphatic carbocycles. The molecule has 4 rings (SSSR count). The SMILES string of the molecule is NC(=O)c1cc(NC(=O)c2c(C(F)(F)F)c(C3CC3)nn2CC2CC2(F)F)ccn1. The highest BCUT2D eigenvalue weighted by Gasteiger charge is 2.57. The maximum atomic E-state index is 13.8. The van der Waals surface area contributed by atoms with Crippen LogP contribution in [0, 0.1) is 5.92 Å². The third kappa shape index (κ3) is 3.85. The lowest BCUT2D eigenvalue weighted by Gasteiger charge is -2.12. The second-order valence-corrected chi connectivity index (χ2v) is 7.47. The predicted octanol–water partition coefficient (Wildman–Crippen LogP) is 3.18. The van der Waals surface area contributed by atoms with Crippen LogP contribution in [0.2, 0.25) is 0 Å². The summed E-state index contributed by atoms with van der Waals surface area (Å²) in [5.41, 5.74) is 2.55. The highest BCUT2D eigenvalue weighted by Crippen LogP contribution is 2.51. The molecule has 0 spiro atoms. The maximum Gasteiger partial charge on any atom is 0.420 e. The number of hydrogen-bond donors (Lipinski definition) is 2. The lowest BCUT2D eigenvalue weighted by molar-refractivity contribution is -0.138. The van der Waals surface area contributed by atoms with Crippen molar-refractivity contribution in [3.63, 3.8) is 0 Å². The van der Waals surface area contributed by atoms with Crippen molar-refractivity contribution in [2.45, 2.75) is 43.8 Å². The molecule has 0 radical (unpaired) electrons. The van der Waals surface area contributed by atoms with Crippen LogP contribution in [0.3, 0.4) is 0 Å². The van der Waals surface area contributed by atoms with Crippen LogP contribution in [0.5, 0.6) is 0 Å². The van der Waals surface area contributed by atoms with E-state index in [-0.39, 0.29) is 17.1 Å². The number of hydrogen-bond acceptors (Lipinski definition) is 4. The zero-order valence-corrected chi connectivity index (χ0v) is 15.3. The summed E-state index contributed by atoms with van der Waals surface area (Å²) in [5, 5.41) is 6.17. The lowest BCUT2D eigenvalue weighted by atomic mass is 10.1. The average molecular weight is 429 g/mol. The predicted molar refractivity (Wildman–Crippen MR) is 93.0 cm³/mol. The van der Waals surface area contributed by atoms with Gasteiger partial charge in [-0.1, -0.05) is 0 Å². The molecule has 2 amide bonds. The Morgan fingerprint density at radius 1 is 1.30 bits per heavy atom.